The van der Waals surface area contributed by atoms with Crippen molar-refractivity contribution >= 4 is 5.97 Å². The van der Waals surface area contributed by atoms with E-state index in [1.54, 1.807) is 6.08 Å². The summed E-state index contributed by atoms with van der Waals surface area (Å²) >= 11 is 0. The van der Waals surface area contributed by atoms with Gasteiger partial charge in [-0.3, -0.25) is 4.79 Å². The topological polar surface area (TPSA) is 35.5 Å². The zero-order valence-corrected chi connectivity index (χ0v) is 7.34. The lowest BCUT2D eigenvalue weighted by Crippen LogP contribution is -2.23. The average Bonchev–Trinajstić information content (AvgIpc) is 2.85. The Hall–Kier alpha value is -0.830. The summed E-state index contributed by atoms with van der Waals surface area (Å²) in [5.41, 5.74) is -0.322. The predicted molar refractivity (Wildman–Crippen MR) is 44.7 cm³/mol. The Morgan fingerprint density at radius 2 is 2.33 bits per heavy atom. The first kappa shape index (κ1) is 9.26. The lowest BCUT2D eigenvalue weighted by atomic mass is 10.1. The maximum Gasteiger partial charge on any atom is 0.314 e. The second-order valence-electron chi connectivity index (χ2n) is 3.08. The molecule has 1 aliphatic carbocycles. The van der Waals surface area contributed by atoms with E-state index in [1.807, 2.05) is 0 Å². The van der Waals surface area contributed by atoms with Crippen molar-refractivity contribution in [2.45, 2.75) is 12.8 Å². The minimum atomic E-state index is -0.322. The van der Waals surface area contributed by atoms with Gasteiger partial charge in [-0.1, -0.05) is 6.08 Å². The van der Waals surface area contributed by atoms with Crippen molar-refractivity contribution < 1.29 is 14.3 Å². The fraction of sp³-hybridized carbons (Fsp3) is 0.667. The quantitative estimate of drug-likeness (QED) is 0.352. The minimum absolute atomic E-state index is 0.147. The molecule has 0 spiro atoms. The van der Waals surface area contributed by atoms with Crippen LogP contribution < -0.4 is 0 Å². The first-order chi connectivity index (χ1) is 5.75. The highest BCUT2D eigenvalue weighted by Crippen LogP contribution is 2.46. The van der Waals surface area contributed by atoms with Crippen LogP contribution in [0.4, 0.5) is 0 Å². The van der Waals surface area contributed by atoms with Crippen LogP contribution in [-0.2, 0) is 14.3 Å². The summed E-state index contributed by atoms with van der Waals surface area (Å²) in [5.74, 6) is -0.147. The number of methoxy groups -OCH3 is 1. The Balaban J connectivity index is 2.29. The van der Waals surface area contributed by atoms with Gasteiger partial charge in [-0.15, -0.1) is 6.58 Å². The Bertz CT molecular complexity index is 182. The molecule has 0 aliphatic heterocycles. The molecule has 0 heterocycles. The summed E-state index contributed by atoms with van der Waals surface area (Å²) in [4.78, 5) is 11.2. The van der Waals surface area contributed by atoms with Gasteiger partial charge in [0, 0.05) is 0 Å². The Labute approximate surface area is 72.4 Å². The second kappa shape index (κ2) is 3.72. The largest absolute Gasteiger partial charge is 0.469 e. The van der Waals surface area contributed by atoms with Crippen LogP contribution in [0.1, 0.15) is 12.8 Å². The summed E-state index contributed by atoms with van der Waals surface area (Å²) in [7, 11) is 1.41. The molecular weight excluding hydrogens is 156 g/mol. The Morgan fingerprint density at radius 1 is 1.67 bits per heavy atom. The molecule has 68 valence electrons. The van der Waals surface area contributed by atoms with Gasteiger partial charge >= 0.3 is 5.97 Å². The molecule has 3 heteroatoms. The van der Waals surface area contributed by atoms with E-state index in [0.29, 0.717) is 13.2 Å². The summed E-state index contributed by atoms with van der Waals surface area (Å²) in [6, 6.07) is 0. The number of carbonyl (C=O) groups excluding carboxylic acids is 1. The van der Waals surface area contributed by atoms with E-state index in [2.05, 4.69) is 11.3 Å². The van der Waals surface area contributed by atoms with E-state index in [4.69, 9.17) is 4.74 Å². The predicted octanol–water partition coefficient (Wildman–Crippen LogP) is 1.14. The van der Waals surface area contributed by atoms with Crippen LogP contribution in [-0.4, -0.2) is 26.3 Å². The third-order valence-corrected chi connectivity index (χ3v) is 2.09. The number of rotatable bonds is 5. The van der Waals surface area contributed by atoms with Gasteiger partial charge in [0.15, 0.2) is 0 Å². The summed E-state index contributed by atoms with van der Waals surface area (Å²) in [5, 5.41) is 0. The number of esters is 1. The van der Waals surface area contributed by atoms with Crippen LogP contribution in [0.2, 0.25) is 0 Å². The summed E-state index contributed by atoms with van der Waals surface area (Å²) in [6.07, 6.45) is 3.45. The van der Waals surface area contributed by atoms with Gasteiger partial charge in [-0.2, -0.15) is 0 Å². The van der Waals surface area contributed by atoms with Gasteiger partial charge in [0.05, 0.1) is 25.7 Å². The second-order valence-corrected chi connectivity index (χ2v) is 3.08. The van der Waals surface area contributed by atoms with Gasteiger partial charge in [0.1, 0.15) is 0 Å². The molecule has 1 rings (SSSR count). The standard InChI is InChI=1S/C9H14O3/c1-3-6-12-7-9(4-5-9)8(10)11-2/h3H,1,4-7H2,2H3. The van der Waals surface area contributed by atoms with E-state index >= 15 is 0 Å². The molecule has 0 aromatic heterocycles. The van der Waals surface area contributed by atoms with Crippen molar-refractivity contribution in [3.63, 3.8) is 0 Å². The molecular formula is C9H14O3. The van der Waals surface area contributed by atoms with Crippen molar-refractivity contribution in [2.24, 2.45) is 5.41 Å². The highest BCUT2D eigenvalue weighted by Gasteiger charge is 2.51. The van der Waals surface area contributed by atoms with Crippen molar-refractivity contribution in [3.8, 4) is 0 Å². The van der Waals surface area contributed by atoms with Crippen molar-refractivity contribution in [2.75, 3.05) is 20.3 Å². The van der Waals surface area contributed by atoms with Crippen LogP contribution in [0.5, 0.6) is 0 Å². The van der Waals surface area contributed by atoms with Gasteiger partial charge in [0.25, 0.3) is 0 Å². The molecule has 0 saturated heterocycles. The molecule has 0 radical (unpaired) electrons. The van der Waals surface area contributed by atoms with Gasteiger partial charge in [0.2, 0.25) is 0 Å². The van der Waals surface area contributed by atoms with Crippen LogP contribution in [0.25, 0.3) is 0 Å². The highest BCUT2D eigenvalue weighted by molar-refractivity contribution is 5.79. The Kier molecular flexibility index (Phi) is 2.87. The summed E-state index contributed by atoms with van der Waals surface area (Å²) < 4.78 is 9.88. The van der Waals surface area contributed by atoms with Crippen molar-refractivity contribution in [1.82, 2.24) is 0 Å². The smallest absolute Gasteiger partial charge is 0.314 e. The average molecular weight is 170 g/mol. The monoisotopic (exact) mass is 170 g/mol. The zero-order valence-electron chi connectivity index (χ0n) is 7.34. The van der Waals surface area contributed by atoms with E-state index in [-0.39, 0.29) is 11.4 Å². The molecule has 1 aliphatic rings. The lowest BCUT2D eigenvalue weighted by Gasteiger charge is -2.11. The SMILES string of the molecule is C=CCOCC1(C(=O)OC)CC1. The minimum Gasteiger partial charge on any atom is -0.469 e. The molecule has 0 atom stereocenters. The third kappa shape index (κ3) is 1.85. The molecule has 0 N–H and O–H groups in total. The number of hydrogen-bond acceptors (Lipinski definition) is 3. The number of carbonyl (C=O) groups is 1. The fourth-order valence-corrected chi connectivity index (χ4v) is 1.11. The maximum atomic E-state index is 11.2. The molecule has 0 amide bonds. The molecule has 1 fully saturated rings. The molecule has 0 aromatic carbocycles. The highest BCUT2D eigenvalue weighted by atomic mass is 16.5. The molecule has 0 bridgehead atoms. The number of ether oxygens (including phenoxy) is 2. The maximum absolute atomic E-state index is 11.2. The molecule has 3 nitrogen and oxygen atoms in total. The number of hydrogen-bond donors (Lipinski definition) is 0. The van der Waals surface area contributed by atoms with Crippen LogP contribution >= 0.6 is 0 Å². The third-order valence-electron chi connectivity index (χ3n) is 2.09. The first-order valence-electron chi connectivity index (χ1n) is 4.02. The van der Waals surface area contributed by atoms with Crippen LogP contribution in [0.15, 0.2) is 12.7 Å². The summed E-state index contributed by atoms with van der Waals surface area (Å²) in [6.45, 7) is 4.49. The van der Waals surface area contributed by atoms with E-state index < -0.39 is 0 Å². The lowest BCUT2D eigenvalue weighted by molar-refractivity contribution is -0.149. The fourth-order valence-electron chi connectivity index (χ4n) is 1.11. The van der Waals surface area contributed by atoms with Gasteiger partial charge in [-0.05, 0) is 12.8 Å². The molecule has 0 unspecified atom stereocenters. The van der Waals surface area contributed by atoms with Crippen LogP contribution in [0, 0.1) is 5.41 Å². The Morgan fingerprint density at radius 3 is 2.75 bits per heavy atom. The van der Waals surface area contributed by atoms with E-state index in [9.17, 15) is 4.79 Å². The molecule has 1 saturated carbocycles. The normalized spacial score (nSPS) is 18.4. The van der Waals surface area contributed by atoms with Crippen molar-refractivity contribution in [3.05, 3.63) is 12.7 Å². The molecule has 0 aromatic rings. The molecule has 12 heavy (non-hydrogen) atoms. The van der Waals surface area contributed by atoms with E-state index in [0.717, 1.165) is 12.8 Å². The van der Waals surface area contributed by atoms with Crippen LogP contribution in [0.3, 0.4) is 0 Å². The van der Waals surface area contributed by atoms with Crippen molar-refractivity contribution in [1.29, 1.82) is 0 Å². The van der Waals surface area contributed by atoms with Gasteiger partial charge < -0.3 is 9.47 Å². The van der Waals surface area contributed by atoms with E-state index in [1.165, 1.54) is 7.11 Å². The first-order valence-corrected chi connectivity index (χ1v) is 4.02. The zero-order chi connectivity index (χ0) is 9.03. The van der Waals surface area contributed by atoms with Gasteiger partial charge in [-0.25, -0.2) is 0 Å².